The summed E-state index contributed by atoms with van der Waals surface area (Å²) >= 11 is 0. The summed E-state index contributed by atoms with van der Waals surface area (Å²) in [6.45, 7) is 6.19. The average Bonchev–Trinajstić information content (AvgIpc) is 2.20. The molecule has 0 spiro atoms. The molecule has 0 N–H and O–H groups in total. The number of ether oxygens (including phenoxy) is 2. The largest absolute Gasteiger partial charge is 0.350 e. The van der Waals surface area contributed by atoms with Gasteiger partial charge in [0, 0.05) is 12.8 Å². The lowest BCUT2D eigenvalue weighted by Crippen LogP contribution is -2.40. The van der Waals surface area contributed by atoms with Gasteiger partial charge in [0.1, 0.15) is 0 Å². The Kier molecular flexibility index (Phi) is 5.49. The molecule has 2 nitrogen and oxygen atoms in total. The first-order valence-corrected chi connectivity index (χ1v) is 6.11. The summed E-state index contributed by atoms with van der Waals surface area (Å²) < 4.78 is 11.7. The van der Waals surface area contributed by atoms with Crippen LogP contribution in [0.5, 0.6) is 0 Å². The standard InChI is InChI=1S/C12H24O2/c1-3-5-6-9-12(8-4-2)13-10-7-11-14-12/h3-11H2,1-2H3. The molecule has 0 aromatic carbocycles. The van der Waals surface area contributed by atoms with Crippen LogP contribution in [0.1, 0.15) is 58.8 Å². The molecule has 0 saturated carbocycles. The first-order chi connectivity index (χ1) is 6.83. The first-order valence-electron chi connectivity index (χ1n) is 6.11. The smallest absolute Gasteiger partial charge is 0.168 e. The zero-order valence-corrected chi connectivity index (χ0v) is 9.68. The van der Waals surface area contributed by atoms with E-state index in [0.29, 0.717) is 0 Å². The highest BCUT2D eigenvalue weighted by atomic mass is 16.7. The van der Waals surface area contributed by atoms with Crippen molar-refractivity contribution in [2.75, 3.05) is 13.2 Å². The third-order valence-electron chi connectivity index (χ3n) is 2.81. The maximum atomic E-state index is 5.83. The molecule has 1 aliphatic rings. The Labute approximate surface area is 88.0 Å². The van der Waals surface area contributed by atoms with E-state index in [1.165, 1.54) is 19.3 Å². The van der Waals surface area contributed by atoms with Crippen LogP contribution in [0.2, 0.25) is 0 Å². The summed E-state index contributed by atoms with van der Waals surface area (Å²) in [6.07, 6.45) is 8.12. The van der Waals surface area contributed by atoms with Gasteiger partial charge >= 0.3 is 0 Å². The molecule has 0 aromatic rings. The van der Waals surface area contributed by atoms with Gasteiger partial charge in [0.05, 0.1) is 13.2 Å². The van der Waals surface area contributed by atoms with E-state index in [1.807, 2.05) is 0 Å². The SMILES string of the molecule is CCCCCC1(CCC)OCCCO1. The van der Waals surface area contributed by atoms with E-state index in [0.717, 1.165) is 38.9 Å². The highest BCUT2D eigenvalue weighted by Gasteiger charge is 2.32. The summed E-state index contributed by atoms with van der Waals surface area (Å²) in [5.74, 6) is -0.220. The molecule has 84 valence electrons. The van der Waals surface area contributed by atoms with Crippen molar-refractivity contribution < 1.29 is 9.47 Å². The van der Waals surface area contributed by atoms with Gasteiger partial charge < -0.3 is 9.47 Å². The molecular weight excluding hydrogens is 176 g/mol. The number of unbranched alkanes of at least 4 members (excludes halogenated alkanes) is 2. The lowest BCUT2D eigenvalue weighted by molar-refractivity contribution is -0.274. The second-order valence-electron chi connectivity index (χ2n) is 4.17. The minimum Gasteiger partial charge on any atom is -0.350 e. The van der Waals surface area contributed by atoms with E-state index in [2.05, 4.69) is 13.8 Å². The lowest BCUT2D eigenvalue weighted by atomic mass is 10.0. The van der Waals surface area contributed by atoms with Gasteiger partial charge in [0.25, 0.3) is 0 Å². The molecule has 1 aliphatic heterocycles. The maximum Gasteiger partial charge on any atom is 0.168 e. The Hall–Kier alpha value is -0.0800. The number of hydrogen-bond donors (Lipinski definition) is 0. The van der Waals surface area contributed by atoms with E-state index in [4.69, 9.17) is 9.47 Å². The molecule has 14 heavy (non-hydrogen) atoms. The normalized spacial score (nSPS) is 21.0. The van der Waals surface area contributed by atoms with Crippen molar-refractivity contribution in [1.29, 1.82) is 0 Å². The summed E-state index contributed by atoms with van der Waals surface area (Å²) in [6, 6.07) is 0. The Morgan fingerprint density at radius 3 is 2.21 bits per heavy atom. The van der Waals surface area contributed by atoms with E-state index in [-0.39, 0.29) is 5.79 Å². The molecule has 1 fully saturated rings. The van der Waals surface area contributed by atoms with Crippen LogP contribution < -0.4 is 0 Å². The van der Waals surface area contributed by atoms with Crippen molar-refractivity contribution in [2.45, 2.75) is 64.6 Å². The van der Waals surface area contributed by atoms with Crippen molar-refractivity contribution in [3.63, 3.8) is 0 Å². The third-order valence-corrected chi connectivity index (χ3v) is 2.81. The second kappa shape index (κ2) is 6.41. The number of rotatable bonds is 6. The van der Waals surface area contributed by atoms with E-state index >= 15 is 0 Å². The van der Waals surface area contributed by atoms with Crippen LogP contribution in [0, 0.1) is 0 Å². The van der Waals surface area contributed by atoms with E-state index in [1.54, 1.807) is 0 Å². The van der Waals surface area contributed by atoms with Crippen LogP contribution in [-0.2, 0) is 9.47 Å². The van der Waals surface area contributed by atoms with Gasteiger partial charge in [-0.2, -0.15) is 0 Å². The van der Waals surface area contributed by atoms with Crippen molar-refractivity contribution in [3.8, 4) is 0 Å². The zero-order chi connectivity index (χ0) is 10.3. The van der Waals surface area contributed by atoms with Gasteiger partial charge in [-0.3, -0.25) is 0 Å². The van der Waals surface area contributed by atoms with Gasteiger partial charge in [-0.1, -0.05) is 33.1 Å². The Morgan fingerprint density at radius 2 is 1.64 bits per heavy atom. The van der Waals surface area contributed by atoms with Gasteiger partial charge in [-0.25, -0.2) is 0 Å². The second-order valence-corrected chi connectivity index (χ2v) is 4.17. The van der Waals surface area contributed by atoms with Crippen LogP contribution in [0.3, 0.4) is 0 Å². The summed E-state index contributed by atoms with van der Waals surface area (Å²) in [5, 5.41) is 0. The third kappa shape index (κ3) is 3.58. The fourth-order valence-corrected chi connectivity index (χ4v) is 2.06. The van der Waals surface area contributed by atoms with Crippen LogP contribution in [0.25, 0.3) is 0 Å². The van der Waals surface area contributed by atoms with Crippen LogP contribution in [-0.4, -0.2) is 19.0 Å². The molecule has 1 heterocycles. The van der Waals surface area contributed by atoms with Crippen LogP contribution in [0.4, 0.5) is 0 Å². The number of hydrogen-bond acceptors (Lipinski definition) is 2. The minimum atomic E-state index is -0.220. The monoisotopic (exact) mass is 200 g/mol. The zero-order valence-electron chi connectivity index (χ0n) is 9.68. The Bertz CT molecular complexity index is 134. The highest BCUT2D eigenvalue weighted by Crippen LogP contribution is 2.29. The molecule has 0 unspecified atom stereocenters. The fraction of sp³-hybridized carbons (Fsp3) is 1.00. The molecule has 1 saturated heterocycles. The van der Waals surface area contributed by atoms with Crippen LogP contribution in [0.15, 0.2) is 0 Å². The molecule has 1 rings (SSSR count). The van der Waals surface area contributed by atoms with Gasteiger partial charge in [0.2, 0.25) is 0 Å². The minimum absolute atomic E-state index is 0.220. The van der Waals surface area contributed by atoms with Crippen molar-refractivity contribution in [2.24, 2.45) is 0 Å². The van der Waals surface area contributed by atoms with Crippen molar-refractivity contribution in [1.82, 2.24) is 0 Å². The topological polar surface area (TPSA) is 18.5 Å². The van der Waals surface area contributed by atoms with E-state index < -0.39 is 0 Å². The lowest BCUT2D eigenvalue weighted by Gasteiger charge is -2.37. The fourth-order valence-electron chi connectivity index (χ4n) is 2.06. The molecule has 2 heteroatoms. The highest BCUT2D eigenvalue weighted by molar-refractivity contribution is 4.72. The quantitative estimate of drug-likeness (QED) is 0.611. The molecule has 0 radical (unpaired) electrons. The Balaban J connectivity index is 2.34. The molecule has 0 bridgehead atoms. The average molecular weight is 200 g/mol. The first kappa shape index (κ1) is 12.0. The molecule has 0 amide bonds. The predicted molar refractivity (Wildman–Crippen MR) is 58.3 cm³/mol. The molecule has 0 aromatic heterocycles. The molecular formula is C12H24O2. The van der Waals surface area contributed by atoms with Gasteiger partial charge in [-0.05, 0) is 12.8 Å². The summed E-state index contributed by atoms with van der Waals surface area (Å²) in [4.78, 5) is 0. The predicted octanol–water partition coefficient (Wildman–Crippen LogP) is 3.50. The van der Waals surface area contributed by atoms with Gasteiger partial charge in [-0.15, -0.1) is 0 Å². The van der Waals surface area contributed by atoms with E-state index in [9.17, 15) is 0 Å². The molecule has 0 atom stereocenters. The van der Waals surface area contributed by atoms with Gasteiger partial charge in [0.15, 0.2) is 5.79 Å². The Morgan fingerprint density at radius 1 is 0.929 bits per heavy atom. The molecule has 0 aliphatic carbocycles. The van der Waals surface area contributed by atoms with Crippen molar-refractivity contribution in [3.05, 3.63) is 0 Å². The summed E-state index contributed by atoms with van der Waals surface area (Å²) in [5.41, 5.74) is 0. The maximum absolute atomic E-state index is 5.83. The van der Waals surface area contributed by atoms with Crippen LogP contribution >= 0.6 is 0 Å². The van der Waals surface area contributed by atoms with Crippen molar-refractivity contribution >= 4 is 0 Å². The summed E-state index contributed by atoms with van der Waals surface area (Å²) in [7, 11) is 0.